The second kappa shape index (κ2) is 11.4. The van der Waals surface area contributed by atoms with E-state index in [-0.39, 0.29) is 5.41 Å². The Morgan fingerprint density at radius 1 is 1.00 bits per heavy atom. The summed E-state index contributed by atoms with van der Waals surface area (Å²) >= 11 is 0. The van der Waals surface area contributed by atoms with Gasteiger partial charge in [-0.05, 0) is 45.3 Å². The first kappa shape index (κ1) is 22.0. The number of hydrogen-bond donors (Lipinski definition) is 0. The third-order valence-electron chi connectivity index (χ3n) is 3.33. The van der Waals surface area contributed by atoms with Crippen molar-refractivity contribution in [2.45, 2.75) is 68.7 Å². The first-order chi connectivity index (χ1) is 9.79. The SMILES string of the molecule is C=C/C(=C\C(C)=C/CC)C(C)(C)/C(C=C(C)C)=C/C.CC. The fourth-order valence-corrected chi connectivity index (χ4v) is 2.22. The Kier molecular flexibility index (Phi) is 11.9. The van der Waals surface area contributed by atoms with Gasteiger partial charge in [-0.15, -0.1) is 0 Å². The summed E-state index contributed by atoms with van der Waals surface area (Å²) < 4.78 is 0. The summed E-state index contributed by atoms with van der Waals surface area (Å²) in [6, 6.07) is 0. The molecule has 0 spiro atoms. The summed E-state index contributed by atoms with van der Waals surface area (Å²) in [4.78, 5) is 0. The number of hydrogen-bond acceptors (Lipinski definition) is 0. The topological polar surface area (TPSA) is 0 Å². The van der Waals surface area contributed by atoms with Gasteiger partial charge in [0.05, 0.1) is 0 Å². The molecular weight excluding hydrogens is 252 g/mol. The minimum absolute atomic E-state index is 0.0173. The van der Waals surface area contributed by atoms with Crippen molar-refractivity contribution in [1.29, 1.82) is 0 Å². The molecule has 0 fully saturated rings. The average molecular weight is 289 g/mol. The zero-order valence-corrected chi connectivity index (χ0v) is 15.8. The smallest absolute Gasteiger partial charge is 0.0143 e. The van der Waals surface area contributed by atoms with Gasteiger partial charge in [-0.3, -0.25) is 0 Å². The van der Waals surface area contributed by atoms with Gasteiger partial charge in [0.1, 0.15) is 0 Å². The van der Waals surface area contributed by atoms with E-state index in [9.17, 15) is 0 Å². The lowest BCUT2D eigenvalue weighted by Crippen LogP contribution is -2.16. The van der Waals surface area contributed by atoms with Crippen molar-refractivity contribution >= 4 is 0 Å². The highest BCUT2D eigenvalue weighted by Gasteiger charge is 2.24. The maximum atomic E-state index is 3.99. The van der Waals surface area contributed by atoms with Crippen molar-refractivity contribution in [3.8, 4) is 0 Å². The molecule has 120 valence electrons. The van der Waals surface area contributed by atoms with Gasteiger partial charge < -0.3 is 0 Å². The van der Waals surface area contributed by atoms with Gasteiger partial charge in [0.25, 0.3) is 0 Å². The largest absolute Gasteiger partial charge is 0.0988 e. The molecule has 0 bridgehead atoms. The predicted octanol–water partition coefficient (Wildman–Crippen LogP) is 7.42. The van der Waals surface area contributed by atoms with Crippen LogP contribution in [0, 0.1) is 5.41 Å². The Labute approximate surface area is 134 Å². The Balaban J connectivity index is 0. The molecule has 0 unspecified atom stereocenters. The Hall–Kier alpha value is -1.30. The highest BCUT2D eigenvalue weighted by atomic mass is 14.3. The van der Waals surface area contributed by atoms with Gasteiger partial charge in [0, 0.05) is 5.41 Å². The van der Waals surface area contributed by atoms with E-state index in [0.717, 1.165) is 6.42 Å². The van der Waals surface area contributed by atoms with Gasteiger partial charge >= 0.3 is 0 Å². The summed E-state index contributed by atoms with van der Waals surface area (Å²) in [6.07, 6.45) is 12.0. The van der Waals surface area contributed by atoms with E-state index in [4.69, 9.17) is 0 Å². The molecular formula is C21H36. The van der Waals surface area contributed by atoms with E-state index in [0.29, 0.717) is 0 Å². The van der Waals surface area contributed by atoms with Crippen LogP contribution in [0.5, 0.6) is 0 Å². The lowest BCUT2D eigenvalue weighted by Gasteiger charge is -2.29. The Morgan fingerprint density at radius 3 is 1.86 bits per heavy atom. The molecule has 0 aromatic carbocycles. The molecule has 0 nitrogen and oxygen atoms in total. The maximum Gasteiger partial charge on any atom is 0.0143 e. The van der Waals surface area contributed by atoms with Crippen LogP contribution in [0.15, 0.2) is 59.3 Å². The molecule has 0 aromatic heterocycles. The third-order valence-corrected chi connectivity index (χ3v) is 3.33. The van der Waals surface area contributed by atoms with Crippen LogP contribution >= 0.6 is 0 Å². The van der Waals surface area contributed by atoms with E-state index in [1.54, 1.807) is 0 Å². The standard InChI is InChI=1S/C19H30.C2H6/c1-9-12-16(6)14-18(11-3)19(7,8)17(10-2)13-15(4)5;1-2/h10-14H,3,9H2,1-2,4-8H3;1-2H3/b16-12-,17-10+,18-14+;. The normalized spacial score (nSPS) is 13.3. The lowest BCUT2D eigenvalue weighted by molar-refractivity contribution is 0.564. The summed E-state index contributed by atoms with van der Waals surface area (Å²) in [7, 11) is 0. The Bertz CT molecular complexity index is 419. The molecule has 0 saturated heterocycles. The molecule has 0 saturated carbocycles. The first-order valence-electron chi connectivity index (χ1n) is 8.12. The van der Waals surface area contributed by atoms with Gasteiger partial charge in [0.2, 0.25) is 0 Å². The van der Waals surface area contributed by atoms with Crippen molar-refractivity contribution in [2.75, 3.05) is 0 Å². The third kappa shape index (κ3) is 7.90. The molecule has 0 N–H and O–H groups in total. The highest BCUT2D eigenvalue weighted by molar-refractivity contribution is 5.43. The average Bonchev–Trinajstić information content (AvgIpc) is 2.44. The van der Waals surface area contributed by atoms with Crippen molar-refractivity contribution in [1.82, 2.24) is 0 Å². The fraction of sp³-hybridized carbons (Fsp3) is 0.524. The number of allylic oxidation sites excluding steroid dienone is 9. The van der Waals surface area contributed by atoms with Crippen molar-refractivity contribution in [3.63, 3.8) is 0 Å². The quantitative estimate of drug-likeness (QED) is 0.446. The second-order valence-corrected chi connectivity index (χ2v) is 5.75. The monoisotopic (exact) mass is 288 g/mol. The van der Waals surface area contributed by atoms with E-state index >= 15 is 0 Å². The molecule has 0 heterocycles. The van der Waals surface area contributed by atoms with Crippen molar-refractivity contribution in [3.05, 3.63) is 59.3 Å². The van der Waals surface area contributed by atoms with Gasteiger partial charge in [0.15, 0.2) is 0 Å². The van der Waals surface area contributed by atoms with Crippen LogP contribution in [0.1, 0.15) is 68.7 Å². The second-order valence-electron chi connectivity index (χ2n) is 5.75. The maximum absolute atomic E-state index is 3.99. The van der Waals surface area contributed by atoms with E-state index in [1.165, 1.54) is 22.3 Å². The zero-order valence-electron chi connectivity index (χ0n) is 15.8. The summed E-state index contributed by atoms with van der Waals surface area (Å²) in [5, 5.41) is 0. The van der Waals surface area contributed by atoms with Crippen LogP contribution in [0.4, 0.5) is 0 Å². The van der Waals surface area contributed by atoms with Crippen LogP contribution in [-0.4, -0.2) is 0 Å². The summed E-state index contributed by atoms with van der Waals surface area (Å²) in [5.74, 6) is 0. The molecule has 0 rings (SSSR count). The minimum atomic E-state index is -0.0173. The lowest BCUT2D eigenvalue weighted by atomic mass is 9.75. The molecule has 0 amide bonds. The van der Waals surface area contributed by atoms with Gasteiger partial charge in [-0.1, -0.05) is 82.7 Å². The van der Waals surface area contributed by atoms with Crippen LogP contribution in [0.25, 0.3) is 0 Å². The molecule has 0 aliphatic rings. The van der Waals surface area contributed by atoms with Gasteiger partial charge in [-0.25, -0.2) is 0 Å². The zero-order chi connectivity index (χ0) is 17.1. The van der Waals surface area contributed by atoms with E-state index in [1.807, 2.05) is 19.9 Å². The molecule has 0 aromatic rings. The van der Waals surface area contributed by atoms with Crippen LogP contribution in [0.2, 0.25) is 0 Å². The molecule has 0 atom stereocenters. The minimum Gasteiger partial charge on any atom is -0.0988 e. The highest BCUT2D eigenvalue weighted by Crippen LogP contribution is 2.37. The molecule has 21 heavy (non-hydrogen) atoms. The molecule has 0 heteroatoms. The van der Waals surface area contributed by atoms with Crippen LogP contribution < -0.4 is 0 Å². The molecule has 0 aliphatic heterocycles. The van der Waals surface area contributed by atoms with E-state index < -0.39 is 0 Å². The van der Waals surface area contributed by atoms with E-state index in [2.05, 4.69) is 79.3 Å². The fourth-order valence-electron chi connectivity index (χ4n) is 2.22. The van der Waals surface area contributed by atoms with Crippen molar-refractivity contribution in [2.24, 2.45) is 5.41 Å². The first-order valence-corrected chi connectivity index (χ1v) is 8.12. The van der Waals surface area contributed by atoms with Crippen LogP contribution in [0.3, 0.4) is 0 Å². The molecule has 0 aliphatic carbocycles. The van der Waals surface area contributed by atoms with Crippen molar-refractivity contribution < 1.29 is 0 Å². The van der Waals surface area contributed by atoms with Crippen LogP contribution in [-0.2, 0) is 0 Å². The number of rotatable bonds is 6. The Morgan fingerprint density at radius 2 is 1.52 bits per heavy atom. The van der Waals surface area contributed by atoms with Gasteiger partial charge in [-0.2, -0.15) is 0 Å². The summed E-state index contributed by atoms with van der Waals surface area (Å²) in [5.41, 5.74) is 5.21. The predicted molar refractivity (Wildman–Crippen MR) is 101 cm³/mol. The molecule has 0 radical (unpaired) electrons. The summed E-state index contributed by atoms with van der Waals surface area (Å²) in [6.45, 7) is 23.2.